The summed E-state index contributed by atoms with van der Waals surface area (Å²) in [5.74, 6) is -0.426. The van der Waals surface area contributed by atoms with E-state index in [2.05, 4.69) is 16.0 Å². The molecule has 0 bridgehead atoms. The Morgan fingerprint density at radius 2 is 1.41 bits per heavy atom. The number of aliphatic hydroxyl groups is 1. The maximum absolute atomic E-state index is 13.5. The molecular formula is C33H35F6N5O5. The monoisotopic (exact) mass is 695 g/mol. The molecule has 10 nitrogen and oxygen atoms in total. The predicted octanol–water partition coefficient (Wildman–Crippen LogP) is 6.68. The van der Waals surface area contributed by atoms with Crippen LogP contribution in [0.15, 0.2) is 66.7 Å². The van der Waals surface area contributed by atoms with Gasteiger partial charge in [0.1, 0.15) is 11.9 Å². The van der Waals surface area contributed by atoms with Crippen LogP contribution in [0, 0.1) is 5.92 Å². The van der Waals surface area contributed by atoms with Gasteiger partial charge in [-0.05, 0) is 73.7 Å². The van der Waals surface area contributed by atoms with E-state index in [9.17, 15) is 45.8 Å². The molecule has 4 N–H and O–H groups in total. The average molecular weight is 696 g/mol. The molecule has 0 spiro atoms. The summed E-state index contributed by atoms with van der Waals surface area (Å²) in [6, 6.07) is 10.5. The molecule has 1 aliphatic heterocycles. The number of likely N-dealkylation sites (N-methyl/N-ethyl adjacent to an activating group) is 1. The van der Waals surface area contributed by atoms with Crippen LogP contribution in [0.2, 0.25) is 0 Å². The molecule has 0 radical (unpaired) electrons. The first kappa shape index (κ1) is 36.8. The van der Waals surface area contributed by atoms with Crippen LogP contribution in [-0.4, -0.2) is 71.8 Å². The number of alkyl halides is 6. The van der Waals surface area contributed by atoms with Gasteiger partial charge in [0.05, 0.1) is 36.7 Å². The third-order valence-corrected chi connectivity index (χ3v) is 7.91. The zero-order valence-corrected chi connectivity index (χ0v) is 26.7. The van der Waals surface area contributed by atoms with Crippen molar-refractivity contribution in [3.8, 4) is 5.75 Å². The molecule has 4 rings (SSSR count). The summed E-state index contributed by atoms with van der Waals surface area (Å²) in [7, 11) is 1.48. The number of hydrogen-bond acceptors (Lipinski definition) is 5. The van der Waals surface area contributed by atoms with E-state index in [1.165, 1.54) is 35.0 Å². The predicted molar refractivity (Wildman–Crippen MR) is 169 cm³/mol. The van der Waals surface area contributed by atoms with E-state index in [-0.39, 0.29) is 60.8 Å². The number of nitrogens with one attached hydrogen (secondary N) is 3. The number of carbonyl (C=O) groups is 3. The van der Waals surface area contributed by atoms with E-state index in [4.69, 9.17) is 4.74 Å². The molecule has 1 heterocycles. The highest BCUT2D eigenvalue weighted by atomic mass is 19.4. The first-order chi connectivity index (χ1) is 22.9. The second-order valence-corrected chi connectivity index (χ2v) is 11.8. The minimum absolute atomic E-state index is 0.00184. The SMILES string of the molecule is C[C@@H]1CN([C@H](C)CO)C(=O)Cc2cc(NC(=O)Nc3ccc(C(F)(F)F)cc3)ccc2O[C@H]1CN(C)C(=O)Nc1ccc(C(F)(F)F)cc1. The molecule has 3 atom stereocenters. The first-order valence-electron chi connectivity index (χ1n) is 15.1. The van der Waals surface area contributed by atoms with Gasteiger partial charge < -0.3 is 35.6 Å². The smallest absolute Gasteiger partial charge is 0.416 e. The highest BCUT2D eigenvalue weighted by Gasteiger charge is 2.33. The van der Waals surface area contributed by atoms with Gasteiger partial charge in [0, 0.05) is 42.1 Å². The van der Waals surface area contributed by atoms with Crippen molar-refractivity contribution in [1.29, 1.82) is 0 Å². The number of carbonyl (C=O) groups excluding carboxylic acids is 3. The Bertz CT molecular complexity index is 1630. The maximum Gasteiger partial charge on any atom is 0.416 e. The fourth-order valence-electron chi connectivity index (χ4n) is 5.08. The van der Waals surface area contributed by atoms with Crippen molar-refractivity contribution < 1.29 is 50.6 Å². The van der Waals surface area contributed by atoms with E-state index < -0.39 is 47.7 Å². The minimum atomic E-state index is -4.53. The second-order valence-electron chi connectivity index (χ2n) is 11.8. The van der Waals surface area contributed by atoms with Gasteiger partial charge in [-0.3, -0.25) is 4.79 Å². The maximum atomic E-state index is 13.5. The number of ether oxygens (including phenoxy) is 1. The Hall–Kier alpha value is -4.99. The number of anilines is 3. The molecule has 0 fully saturated rings. The zero-order valence-electron chi connectivity index (χ0n) is 26.7. The molecule has 0 unspecified atom stereocenters. The second kappa shape index (κ2) is 15.1. The molecular weight excluding hydrogens is 660 g/mol. The molecule has 5 amide bonds. The third-order valence-electron chi connectivity index (χ3n) is 7.91. The summed E-state index contributed by atoms with van der Waals surface area (Å²) in [5, 5.41) is 17.4. The van der Waals surface area contributed by atoms with Gasteiger partial charge in [-0.15, -0.1) is 0 Å². The molecule has 0 saturated heterocycles. The van der Waals surface area contributed by atoms with Crippen LogP contribution < -0.4 is 20.7 Å². The van der Waals surface area contributed by atoms with Crippen molar-refractivity contribution in [3.05, 3.63) is 83.4 Å². The Kier molecular flexibility index (Phi) is 11.3. The summed E-state index contributed by atoms with van der Waals surface area (Å²) in [5.41, 5.74) is -0.844. The van der Waals surface area contributed by atoms with E-state index >= 15 is 0 Å². The highest BCUT2D eigenvalue weighted by Crippen LogP contribution is 2.32. The molecule has 1 aliphatic rings. The lowest BCUT2D eigenvalue weighted by atomic mass is 10.0. The number of hydrogen-bond donors (Lipinski definition) is 4. The molecule has 3 aromatic carbocycles. The van der Waals surface area contributed by atoms with Crippen molar-refractivity contribution in [2.75, 3.05) is 42.7 Å². The highest BCUT2D eigenvalue weighted by molar-refractivity contribution is 6.00. The Labute approximate surface area is 278 Å². The minimum Gasteiger partial charge on any atom is -0.488 e. The van der Waals surface area contributed by atoms with Gasteiger partial charge >= 0.3 is 24.4 Å². The van der Waals surface area contributed by atoms with Gasteiger partial charge in [-0.2, -0.15) is 26.3 Å². The van der Waals surface area contributed by atoms with E-state index in [0.29, 0.717) is 5.56 Å². The van der Waals surface area contributed by atoms with Crippen molar-refractivity contribution in [1.82, 2.24) is 9.80 Å². The van der Waals surface area contributed by atoms with Gasteiger partial charge in [-0.1, -0.05) is 6.92 Å². The van der Waals surface area contributed by atoms with E-state index in [1.54, 1.807) is 6.92 Å². The number of urea groups is 2. The van der Waals surface area contributed by atoms with Gasteiger partial charge in [0.25, 0.3) is 0 Å². The number of rotatable bonds is 7. The molecule has 264 valence electrons. The van der Waals surface area contributed by atoms with Crippen LogP contribution in [0.4, 0.5) is 53.0 Å². The number of benzene rings is 3. The van der Waals surface area contributed by atoms with Gasteiger partial charge in [0.2, 0.25) is 5.91 Å². The van der Waals surface area contributed by atoms with Crippen LogP contribution in [0.5, 0.6) is 5.75 Å². The van der Waals surface area contributed by atoms with Crippen LogP contribution in [0.1, 0.15) is 30.5 Å². The molecule has 0 aromatic heterocycles. The topological polar surface area (TPSA) is 123 Å². The van der Waals surface area contributed by atoms with Gasteiger partial charge in [-0.25, -0.2) is 9.59 Å². The lowest BCUT2D eigenvalue weighted by Crippen LogP contribution is -2.48. The molecule has 49 heavy (non-hydrogen) atoms. The zero-order chi connectivity index (χ0) is 36.1. The first-order valence-corrected chi connectivity index (χ1v) is 15.1. The normalized spacial score (nSPS) is 17.4. The number of nitrogens with zero attached hydrogens (tertiary/aromatic N) is 2. The largest absolute Gasteiger partial charge is 0.488 e. The Morgan fingerprint density at radius 1 is 0.898 bits per heavy atom. The Balaban J connectivity index is 1.52. The average Bonchev–Trinajstić information content (AvgIpc) is 3.07. The standard InChI is InChI=1S/C33H35F6N5O5/c1-19-16-44(20(2)18-45)29(46)15-21-14-26(41-30(47)40-24-8-4-22(5-9-24)32(34,35)36)12-13-27(21)49-28(19)17-43(3)31(48)42-25-10-6-23(7-11-25)33(37,38)39/h4-14,19-20,28,45H,15-18H2,1-3H3,(H,42,48)(H2,40,41,47)/t19-,20-,28+/m1/s1. The lowest BCUT2D eigenvalue weighted by Gasteiger charge is -2.34. The molecule has 0 aliphatic carbocycles. The molecule has 16 heteroatoms. The number of halogens is 6. The quantitative estimate of drug-likeness (QED) is 0.206. The number of amides is 5. The lowest BCUT2D eigenvalue weighted by molar-refractivity contribution is -0.138. The summed E-state index contributed by atoms with van der Waals surface area (Å²) in [4.78, 5) is 41.9. The van der Waals surface area contributed by atoms with Gasteiger partial charge in [0.15, 0.2) is 0 Å². The molecule has 0 saturated carbocycles. The third kappa shape index (κ3) is 9.78. The number of aliphatic hydroxyl groups excluding tert-OH is 1. The van der Waals surface area contributed by atoms with Crippen molar-refractivity contribution in [3.63, 3.8) is 0 Å². The van der Waals surface area contributed by atoms with Crippen LogP contribution in [-0.2, 0) is 23.6 Å². The van der Waals surface area contributed by atoms with Crippen LogP contribution in [0.25, 0.3) is 0 Å². The van der Waals surface area contributed by atoms with Crippen molar-refractivity contribution >= 4 is 35.0 Å². The van der Waals surface area contributed by atoms with Crippen LogP contribution >= 0.6 is 0 Å². The fourth-order valence-corrected chi connectivity index (χ4v) is 5.08. The van der Waals surface area contributed by atoms with Crippen LogP contribution in [0.3, 0.4) is 0 Å². The van der Waals surface area contributed by atoms with Crippen molar-refractivity contribution in [2.45, 2.75) is 44.8 Å². The summed E-state index contributed by atoms with van der Waals surface area (Å²) >= 11 is 0. The Morgan fingerprint density at radius 3 is 1.94 bits per heavy atom. The molecule has 3 aromatic rings. The number of fused-ring (bicyclic) bond motifs is 1. The van der Waals surface area contributed by atoms with E-state index in [0.717, 1.165) is 48.5 Å². The van der Waals surface area contributed by atoms with Crippen molar-refractivity contribution in [2.24, 2.45) is 5.92 Å². The fraction of sp³-hybridized carbons (Fsp3) is 0.364. The summed E-state index contributed by atoms with van der Waals surface area (Å²) < 4.78 is 83.7. The van der Waals surface area contributed by atoms with E-state index in [1.807, 2.05) is 6.92 Å². The summed E-state index contributed by atoms with van der Waals surface area (Å²) in [6.45, 7) is 3.32. The summed E-state index contributed by atoms with van der Waals surface area (Å²) in [6.07, 6.45) is -9.93.